The van der Waals surface area contributed by atoms with Gasteiger partial charge in [0, 0.05) is 19.2 Å². The van der Waals surface area contributed by atoms with Crippen LogP contribution in [0.4, 0.5) is 5.88 Å². The Labute approximate surface area is 94.4 Å². The third-order valence-corrected chi connectivity index (χ3v) is 1.81. The maximum atomic E-state index is 10.5. The van der Waals surface area contributed by atoms with Crippen molar-refractivity contribution in [2.24, 2.45) is 5.92 Å². The number of aromatic carboxylic acids is 1. The summed E-state index contributed by atoms with van der Waals surface area (Å²) in [7, 11) is 0. The standard InChI is InChI=1S/C11H17NO4/c1-8(2)7-15-6-5-12-10-4-3-9(16-10)11(13)14/h3-4,8,12H,5-7H2,1-2H3,(H,13,14). The molecule has 0 radical (unpaired) electrons. The molecule has 0 bridgehead atoms. The number of ether oxygens (including phenoxy) is 1. The van der Waals surface area contributed by atoms with Crippen molar-refractivity contribution in [3.8, 4) is 0 Å². The third-order valence-electron chi connectivity index (χ3n) is 1.81. The lowest BCUT2D eigenvalue weighted by Gasteiger charge is -2.06. The molecule has 5 heteroatoms. The second kappa shape index (κ2) is 6.17. The molecule has 1 aromatic rings. The normalized spacial score (nSPS) is 10.7. The van der Waals surface area contributed by atoms with Crippen LogP contribution in [0.5, 0.6) is 0 Å². The number of hydrogen-bond donors (Lipinski definition) is 2. The molecule has 0 aromatic carbocycles. The van der Waals surface area contributed by atoms with Gasteiger partial charge in [-0.1, -0.05) is 13.8 Å². The minimum atomic E-state index is -1.07. The van der Waals surface area contributed by atoms with Crippen molar-refractivity contribution in [2.75, 3.05) is 25.1 Å². The van der Waals surface area contributed by atoms with E-state index in [-0.39, 0.29) is 5.76 Å². The summed E-state index contributed by atoms with van der Waals surface area (Å²) in [6.45, 7) is 6.05. The molecular weight excluding hydrogens is 210 g/mol. The molecule has 0 aliphatic carbocycles. The van der Waals surface area contributed by atoms with Gasteiger partial charge in [0.05, 0.1) is 6.61 Å². The van der Waals surface area contributed by atoms with E-state index >= 15 is 0 Å². The zero-order chi connectivity index (χ0) is 12.0. The van der Waals surface area contributed by atoms with E-state index < -0.39 is 5.97 Å². The first-order valence-corrected chi connectivity index (χ1v) is 5.24. The SMILES string of the molecule is CC(C)COCCNc1ccc(C(=O)O)o1. The minimum absolute atomic E-state index is 0.0643. The summed E-state index contributed by atoms with van der Waals surface area (Å²) in [5.41, 5.74) is 0. The summed E-state index contributed by atoms with van der Waals surface area (Å²) >= 11 is 0. The molecule has 0 amide bonds. The van der Waals surface area contributed by atoms with E-state index in [0.717, 1.165) is 6.61 Å². The Morgan fingerprint density at radius 1 is 1.56 bits per heavy atom. The summed E-state index contributed by atoms with van der Waals surface area (Å²) in [5, 5.41) is 11.6. The summed E-state index contributed by atoms with van der Waals surface area (Å²) in [5.74, 6) is -0.164. The number of carboxylic acid groups (broad SMARTS) is 1. The molecule has 0 aliphatic heterocycles. The lowest BCUT2D eigenvalue weighted by molar-refractivity contribution is 0.0663. The van der Waals surface area contributed by atoms with Gasteiger partial charge in [0.2, 0.25) is 5.76 Å². The maximum Gasteiger partial charge on any atom is 0.371 e. The van der Waals surface area contributed by atoms with Crippen molar-refractivity contribution in [1.82, 2.24) is 0 Å². The number of carboxylic acids is 1. The molecular formula is C11H17NO4. The Morgan fingerprint density at radius 2 is 2.31 bits per heavy atom. The molecule has 0 unspecified atom stereocenters. The average molecular weight is 227 g/mol. The molecule has 0 saturated heterocycles. The summed E-state index contributed by atoms with van der Waals surface area (Å²) in [6.07, 6.45) is 0. The van der Waals surface area contributed by atoms with E-state index in [1.807, 2.05) is 0 Å². The van der Waals surface area contributed by atoms with Crippen molar-refractivity contribution in [3.05, 3.63) is 17.9 Å². The van der Waals surface area contributed by atoms with E-state index in [4.69, 9.17) is 14.3 Å². The molecule has 0 aliphatic rings. The van der Waals surface area contributed by atoms with Crippen LogP contribution >= 0.6 is 0 Å². The summed E-state index contributed by atoms with van der Waals surface area (Å²) < 4.78 is 10.4. The molecule has 1 rings (SSSR count). The predicted octanol–water partition coefficient (Wildman–Crippen LogP) is 2.06. The molecule has 0 fully saturated rings. The highest BCUT2D eigenvalue weighted by molar-refractivity contribution is 5.84. The zero-order valence-electron chi connectivity index (χ0n) is 9.53. The van der Waals surface area contributed by atoms with Crippen LogP contribution in [0.2, 0.25) is 0 Å². The fourth-order valence-corrected chi connectivity index (χ4v) is 1.11. The van der Waals surface area contributed by atoms with Crippen LogP contribution in [0.25, 0.3) is 0 Å². The predicted molar refractivity (Wildman–Crippen MR) is 59.8 cm³/mol. The molecule has 16 heavy (non-hydrogen) atoms. The molecule has 2 N–H and O–H groups in total. The van der Waals surface area contributed by atoms with Crippen molar-refractivity contribution < 1.29 is 19.1 Å². The maximum absolute atomic E-state index is 10.5. The fourth-order valence-electron chi connectivity index (χ4n) is 1.11. The largest absolute Gasteiger partial charge is 0.475 e. The number of rotatable bonds is 7. The number of nitrogens with one attached hydrogen (secondary N) is 1. The Bertz CT molecular complexity index is 332. The minimum Gasteiger partial charge on any atom is -0.475 e. The highest BCUT2D eigenvalue weighted by atomic mass is 16.5. The Kier molecular flexibility index (Phi) is 4.85. The van der Waals surface area contributed by atoms with Gasteiger partial charge in [-0.15, -0.1) is 0 Å². The van der Waals surface area contributed by atoms with Gasteiger partial charge in [-0.25, -0.2) is 4.79 Å². The van der Waals surface area contributed by atoms with Gasteiger partial charge in [-0.3, -0.25) is 0 Å². The lowest BCUT2D eigenvalue weighted by Crippen LogP contribution is -2.11. The Balaban J connectivity index is 2.19. The quantitative estimate of drug-likeness (QED) is 0.697. The second-order valence-electron chi connectivity index (χ2n) is 3.86. The van der Waals surface area contributed by atoms with E-state index in [9.17, 15) is 4.79 Å². The Hall–Kier alpha value is -1.49. The van der Waals surface area contributed by atoms with Crippen molar-refractivity contribution in [2.45, 2.75) is 13.8 Å². The number of carbonyl (C=O) groups is 1. The van der Waals surface area contributed by atoms with Crippen LogP contribution in [-0.4, -0.2) is 30.8 Å². The van der Waals surface area contributed by atoms with Crippen LogP contribution in [-0.2, 0) is 4.74 Å². The molecule has 0 atom stereocenters. The topological polar surface area (TPSA) is 71.7 Å². The first-order valence-electron chi connectivity index (χ1n) is 5.24. The van der Waals surface area contributed by atoms with Crippen molar-refractivity contribution in [1.29, 1.82) is 0 Å². The summed E-state index contributed by atoms with van der Waals surface area (Å²) in [4.78, 5) is 10.5. The molecule has 1 aromatic heterocycles. The first-order chi connectivity index (χ1) is 7.59. The smallest absolute Gasteiger partial charge is 0.371 e. The van der Waals surface area contributed by atoms with Crippen molar-refractivity contribution >= 4 is 11.9 Å². The van der Waals surface area contributed by atoms with Crippen LogP contribution in [0.15, 0.2) is 16.5 Å². The Morgan fingerprint density at radius 3 is 2.88 bits per heavy atom. The van der Waals surface area contributed by atoms with Crippen LogP contribution in [0.1, 0.15) is 24.4 Å². The van der Waals surface area contributed by atoms with Gasteiger partial charge in [0.15, 0.2) is 5.88 Å². The van der Waals surface area contributed by atoms with Gasteiger partial charge < -0.3 is 19.6 Å². The van der Waals surface area contributed by atoms with E-state index in [1.54, 1.807) is 6.07 Å². The highest BCUT2D eigenvalue weighted by Crippen LogP contribution is 2.12. The second-order valence-corrected chi connectivity index (χ2v) is 3.86. The molecule has 90 valence electrons. The van der Waals surface area contributed by atoms with Gasteiger partial charge in [-0.05, 0) is 12.0 Å². The van der Waals surface area contributed by atoms with E-state index in [0.29, 0.717) is 25.0 Å². The summed E-state index contributed by atoms with van der Waals surface area (Å²) in [6, 6.07) is 3.01. The number of anilines is 1. The molecule has 0 spiro atoms. The van der Waals surface area contributed by atoms with Gasteiger partial charge in [-0.2, -0.15) is 0 Å². The first kappa shape index (κ1) is 12.6. The van der Waals surface area contributed by atoms with Crippen LogP contribution in [0.3, 0.4) is 0 Å². The van der Waals surface area contributed by atoms with Gasteiger partial charge in [0.1, 0.15) is 0 Å². The van der Waals surface area contributed by atoms with Gasteiger partial charge in [0.25, 0.3) is 0 Å². The molecule has 5 nitrogen and oxygen atoms in total. The fraction of sp³-hybridized carbons (Fsp3) is 0.545. The van der Waals surface area contributed by atoms with E-state index in [1.165, 1.54) is 6.07 Å². The number of furan rings is 1. The van der Waals surface area contributed by atoms with Crippen LogP contribution < -0.4 is 5.32 Å². The highest BCUT2D eigenvalue weighted by Gasteiger charge is 2.07. The monoisotopic (exact) mass is 227 g/mol. The zero-order valence-corrected chi connectivity index (χ0v) is 9.53. The molecule has 0 saturated carbocycles. The lowest BCUT2D eigenvalue weighted by atomic mass is 10.2. The number of hydrogen-bond acceptors (Lipinski definition) is 4. The average Bonchev–Trinajstić information content (AvgIpc) is 2.65. The van der Waals surface area contributed by atoms with Crippen LogP contribution in [0, 0.1) is 5.92 Å². The van der Waals surface area contributed by atoms with Crippen molar-refractivity contribution in [3.63, 3.8) is 0 Å². The van der Waals surface area contributed by atoms with E-state index in [2.05, 4.69) is 19.2 Å². The third kappa shape index (κ3) is 4.35. The van der Waals surface area contributed by atoms with Gasteiger partial charge >= 0.3 is 5.97 Å². The molecule has 1 heterocycles.